The number of halogens is 2. The van der Waals surface area contributed by atoms with Gasteiger partial charge in [-0.2, -0.15) is 0 Å². The SMILES string of the molecule is COCCNCc1cc(Br)c(OCC2CCC2)c(Br)c1. The summed E-state index contributed by atoms with van der Waals surface area (Å²) in [4.78, 5) is 0. The van der Waals surface area contributed by atoms with Gasteiger partial charge in [0.2, 0.25) is 0 Å². The van der Waals surface area contributed by atoms with Crippen molar-refractivity contribution in [3.05, 3.63) is 26.6 Å². The smallest absolute Gasteiger partial charge is 0.147 e. The Morgan fingerprint density at radius 1 is 1.25 bits per heavy atom. The molecule has 0 saturated heterocycles. The summed E-state index contributed by atoms with van der Waals surface area (Å²) < 4.78 is 13.0. The Labute approximate surface area is 137 Å². The van der Waals surface area contributed by atoms with Gasteiger partial charge in [-0.05, 0) is 68.3 Å². The van der Waals surface area contributed by atoms with Crippen LogP contribution in [0.25, 0.3) is 0 Å². The topological polar surface area (TPSA) is 30.5 Å². The summed E-state index contributed by atoms with van der Waals surface area (Å²) in [7, 11) is 1.71. The normalized spacial score (nSPS) is 15.2. The lowest BCUT2D eigenvalue weighted by atomic mass is 9.86. The highest BCUT2D eigenvalue weighted by Crippen LogP contribution is 2.36. The van der Waals surface area contributed by atoms with Crippen LogP contribution < -0.4 is 10.1 Å². The van der Waals surface area contributed by atoms with E-state index in [4.69, 9.17) is 9.47 Å². The molecule has 1 N–H and O–H groups in total. The van der Waals surface area contributed by atoms with Crippen LogP contribution in [0.15, 0.2) is 21.1 Å². The van der Waals surface area contributed by atoms with Crippen LogP contribution in [-0.2, 0) is 11.3 Å². The Morgan fingerprint density at radius 2 is 1.95 bits per heavy atom. The summed E-state index contributed by atoms with van der Waals surface area (Å²) >= 11 is 7.21. The minimum atomic E-state index is 0.727. The Balaban J connectivity index is 1.89. The Hall–Kier alpha value is -0.100. The first-order valence-corrected chi connectivity index (χ1v) is 8.59. The molecular formula is C15H21Br2NO2. The summed E-state index contributed by atoms with van der Waals surface area (Å²) in [6.07, 6.45) is 3.95. The summed E-state index contributed by atoms with van der Waals surface area (Å²) in [5, 5.41) is 3.34. The molecule has 5 heteroatoms. The summed E-state index contributed by atoms with van der Waals surface area (Å²) in [6.45, 7) is 3.22. The maximum absolute atomic E-state index is 5.94. The highest BCUT2D eigenvalue weighted by atomic mass is 79.9. The Morgan fingerprint density at radius 3 is 2.50 bits per heavy atom. The van der Waals surface area contributed by atoms with Crippen LogP contribution in [0.2, 0.25) is 0 Å². The first-order chi connectivity index (χ1) is 9.70. The number of benzene rings is 1. The first kappa shape index (κ1) is 16.3. The molecule has 0 bridgehead atoms. The van der Waals surface area contributed by atoms with E-state index < -0.39 is 0 Å². The number of hydrogen-bond donors (Lipinski definition) is 1. The van der Waals surface area contributed by atoms with Crippen molar-refractivity contribution in [1.82, 2.24) is 5.32 Å². The zero-order valence-corrected chi connectivity index (χ0v) is 14.9. The van der Waals surface area contributed by atoms with Gasteiger partial charge in [-0.1, -0.05) is 6.42 Å². The van der Waals surface area contributed by atoms with Crippen LogP contribution in [-0.4, -0.2) is 26.9 Å². The van der Waals surface area contributed by atoms with Crippen LogP contribution >= 0.6 is 31.9 Å². The molecule has 1 aliphatic rings. The van der Waals surface area contributed by atoms with E-state index in [0.29, 0.717) is 0 Å². The van der Waals surface area contributed by atoms with Crippen LogP contribution in [0.1, 0.15) is 24.8 Å². The lowest BCUT2D eigenvalue weighted by Gasteiger charge is -2.25. The number of hydrogen-bond acceptors (Lipinski definition) is 3. The fourth-order valence-electron chi connectivity index (χ4n) is 2.12. The van der Waals surface area contributed by atoms with Gasteiger partial charge in [-0.15, -0.1) is 0 Å². The molecule has 0 aliphatic heterocycles. The van der Waals surface area contributed by atoms with Gasteiger partial charge < -0.3 is 14.8 Å². The van der Waals surface area contributed by atoms with Crippen molar-refractivity contribution in [2.24, 2.45) is 5.92 Å². The molecule has 0 atom stereocenters. The fourth-order valence-corrected chi connectivity index (χ4v) is 3.63. The van der Waals surface area contributed by atoms with Gasteiger partial charge >= 0.3 is 0 Å². The lowest BCUT2D eigenvalue weighted by molar-refractivity contribution is 0.179. The quantitative estimate of drug-likeness (QED) is 0.658. The number of nitrogens with one attached hydrogen (secondary N) is 1. The van der Waals surface area contributed by atoms with Crippen LogP contribution in [0.3, 0.4) is 0 Å². The molecule has 0 spiro atoms. The van der Waals surface area contributed by atoms with Gasteiger partial charge in [0, 0.05) is 20.2 Å². The molecule has 1 aromatic rings. The third-order valence-electron chi connectivity index (χ3n) is 3.56. The van der Waals surface area contributed by atoms with Crippen molar-refractivity contribution in [2.45, 2.75) is 25.8 Å². The average Bonchev–Trinajstić information content (AvgIpc) is 2.36. The highest BCUT2D eigenvalue weighted by Gasteiger charge is 2.19. The molecule has 2 rings (SSSR count). The first-order valence-electron chi connectivity index (χ1n) is 7.01. The van der Waals surface area contributed by atoms with Crippen molar-refractivity contribution in [3.63, 3.8) is 0 Å². The van der Waals surface area contributed by atoms with Crippen LogP contribution in [0.4, 0.5) is 0 Å². The van der Waals surface area contributed by atoms with E-state index in [1.807, 2.05) is 0 Å². The van der Waals surface area contributed by atoms with E-state index >= 15 is 0 Å². The standard InChI is InChI=1S/C15H21Br2NO2/c1-19-6-5-18-9-12-7-13(16)15(14(17)8-12)20-10-11-3-2-4-11/h7-8,11,18H,2-6,9-10H2,1H3. The molecule has 3 nitrogen and oxygen atoms in total. The molecule has 1 aliphatic carbocycles. The number of ether oxygens (including phenoxy) is 2. The second-order valence-corrected chi connectivity index (χ2v) is 6.87. The predicted molar refractivity (Wildman–Crippen MR) is 88.3 cm³/mol. The van der Waals surface area contributed by atoms with Crippen LogP contribution in [0.5, 0.6) is 5.75 Å². The lowest BCUT2D eigenvalue weighted by Crippen LogP contribution is -2.20. The van der Waals surface area contributed by atoms with Crippen molar-refractivity contribution in [2.75, 3.05) is 26.9 Å². The van der Waals surface area contributed by atoms with E-state index in [9.17, 15) is 0 Å². The molecule has 1 aromatic carbocycles. The molecule has 0 heterocycles. The van der Waals surface area contributed by atoms with Crippen molar-refractivity contribution in [3.8, 4) is 5.75 Å². The Bertz CT molecular complexity index is 413. The summed E-state index contributed by atoms with van der Waals surface area (Å²) in [5.41, 5.74) is 1.22. The summed E-state index contributed by atoms with van der Waals surface area (Å²) in [5.74, 6) is 1.65. The van der Waals surface area contributed by atoms with E-state index in [0.717, 1.165) is 46.9 Å². The van der Waals surface area contributed by atoms with Crippen molar-refractivity contribution < 1.29 is 9.47 Å². The maximum atomic E-state index is 5.94. The molecule has 20 heavy (non-hydrogen) atoms. The molecule has 0 aromatic heterocycles. The Kier molecular flexibility index (Phi) is 6.81. The molecule has 1 saturated carbocycles. The number of methoxy groups -OCH3 is 1. The zero-order valence-electron chi connectivity index (χ0n) is 11.8. The average molecular weight is 407 g/mol. The summed E-state index contributed by atoms with van der Waals surface area (Å²) in [6, 6.07) is 4.22. The highest BCUT2D eigenvalue weighted by molar-refractivity contribution is 9.11. The molecule has 0 unspecified atom stereocenters. The third kappa shape index (κ3) is 4.72. The van der Waals surface area contributed by atoms with E-state index in [1.54, 1.807) is 7.11 Å². The largest absolute Gasteiger partial charge is 0.491 e. The minimum absolute atomic E-state index is 0.727. The number of rotatable bonds is 8. The zero-order chi connectivity index (χ0) is 14.4. The van der Waals surface area contributed by atoms with Gasteiger partial charge in [0.15, 0.2) is 0 Å². The van der Waals surface area contributed by atoms with Crippen molar-refractivity contribution in [1.29, 1.82) is 0 Å². The van der Waals surface area contributed by atoms with E-state index in [2.05, 4.69) is 49.3 Å². The molecule has 0 amide bonds. The van der Waals surface area contributed by atoms with Crippen LogP contribution in [0, 0.1) is 5.92 Å². The second kappa shape index (κ2) is 8.37. The van der Waals surface area contributed by atoms with Gasteiger partial charge in [0.25, 0.3) is 0 Å². The predicted octanol–water partition coefficient (Wildman–Crippen LogP) is 4.13. The third-order valence-corrected chi connectivity index (χ3v) is 4.74. The molecule has 0 radical (unpaired) electrons. The monoisotopic (exact) mass is 405 g/mol. The van der Waals surface area contributed by atoms with E-state index in [1.165, 1.54) is 24.8 Å². The van der Waals surface area contributed by atoms with Gasteiger partial charge in [0.05, 0.1) is 22.2 Å². The van der Waals surface area contributed by atoms with Gasteiger partial charge in [-0.25, -0.2) is 0 Å². The van der Waals surface area contributed by atoms with Crippen molar-refractivity contribution >= 4 is 31.9 Å². The van der Waals surface area contributed by atoms with E-state index in [-0.39, 0.29) is 0 Å². The minimum Gasteiger partial charge on any atom is -0.491 e. The molecular weight excluding hydrogens is 386 g/mol. The molecule has 112 valence electrons. The maximum Gasteiger partial charge on any atom is 0.147 e. The fraction of sp³-hybridized carbons (Fsp3) is 0.600. The van der Waals surface area contributed by atoms with Gasteiger partial charge in [0.1, 0.15) is 5.75 Å². The second-order valence-electron chi connectivity index (χ2n) is 5.17. The van der Waals surface area contributed by atoms with Gasteiger partial charge in [-0.3, -0.25) is 0 Å². The molecule has 1 fully saturated rings.